The zero-order chi connectivity index (χ0) is 11.4. The zero-order valence-electron chi connectivity index (χ0n) is 10.2. The molecule has 1 aromatic heterocycles. The molecule has 1 aliphatic heterocycles. The van der Waals surface area contributed by atoms with Crippen LogP contribution in [0.1, 0.15) is 44.0 Å². The minimum absolute atomic E-state index is 0.432. The van der Waals surface area contributed by atoms with Crippen molar-refractivity contribution in [2.75, 3.05) is 24.5 Å². The third kappa shape index (κ3) is 2.74. The van der Waals surface area contributed by atoms with Gasteiger partial charge in [0, 0.05) is 30.2 Å². The first-order valence-electron chi connectivity index (χ1n) is 6.25. The van der Waals surface area contributed by atoms with E-state index in [0.29, 0.717) is 6.04 Å². The maximum absolute atomic E-state index is 4.55. The molecule has 1 atom stereocenters. The molecule has 1 fully saturated rings. The Morgan fingerprint density at radius 2 is 2.19 bits per heavy atom. The van der Waals surface area contributed by atoms with Gasteiger partial charge in [-0.05, 0) is 32.7 Å². The summed E-state index contributed by atoms with van der Waals surface area (Å²) in [6, 6.07) is 0.432. The van der Waals surface area contributed by atoms with Crippen LogP contribution in [0.3, 0.4) is 0 Å². The van der Waals surface area contributed by atoms with Crippen LogP contribution in [0.15, 0.2) is 6.20 Å². The predicted molar refractivity (Wildman–Crippen MR) is 70.3 cm³/mol. The van der Waals surface area contributed by atoms with Gasteiger partial charge >= 0.3 is 0 Å². The molecule has 0 spiro atoms. The van der Waals surface area contributed by atoms with E-state index in [0.717, 1.165) is 6.54 Å². The molecule has 16 heavy (non-hydrogen) atoms. The van der Waals surface area contributed by atoms with Gasteiger partial charge in [0.1, 0.15) is 0 Å². The fourth-order valence-electron chi connectivity index (χ4n) is 2.12. The topological polar surface area (TPSA) is 28.2 Å². The minimum atomic E-state index is 0.432. The lowest BCUT2D eigenvalue weighted by Crippen LogP contribution is -2.29. The summed E-state index contributed by atoms with van der Waals surface area (Å²) < 4.78 is 0. The molecule has 0 radical (unpaired) electrons. The van der Waals surface area contributed by atoms with E-state index in [1.54, 1.807) is 0 Å². The highest BCUT2D eigenvalue weighted by atomic mass is 32.1. The third-order valence-electron chi connectivity index (χ3n) is 3.08. The van der Waals surface area contributed by atoms with E-state index in [-0.39, 0.29) is 0 Å². The Bertz CT molecular complexity index is 318. The molecule has 0 saturated carbocycles. The van der Waals surface area contributed by atoms with Gasteiger partial charge in [0.15, 0.2) is 5.13 Å². The number of nitrogens with one attached hydrogen (secondary N) is 1. The number of piperidine rings is 1. The second-order valence-corrected chi connectivity index (χ2v) is 5.41. The van der Waals surface area contributed by atoms with Crippen LogP contribution < -0.4 is 10.2 Å². The minimum Gasteiger partial charge on any atom is -0.348 e. The zero-order valence-corrected chi connectivity index (χ0v) is 11.0. The Balaban J connectivity index is 2.00. The molecule has 1 aromatic rings. The number of hydrogen-bond acceptors (Lipinski definition) is 4. The summed E-state index contributed by atoms with van der Waals surface area (Å²) in [5.74, 6) is 0. The van der Waals surface area contributed by atoms with E-state index >= 15 is 0 Å². The molecule has 4 heteroatoms. The lowest BCUT2D eigenvalue weighted by Gasteiger charge is -2.25. The summed E-state index contributed by atoms with van der Waals surface area (Å²) in [5.41, 5.74) is 0. The predicted octanol–water partition coefficient (Wildman–Crippen LogP) is 2.80. The molecular weight excluding hydrogens is 218 g/mol. The monoisotopic (exact) mass is 239 g/mol. The average molecular weight is 239 g/mol. The van der Waals surface area contributed by atoms with E-state index < -0.39 is 0 Å². The van der Waals surface area contributed by atoms with E-state index in [2.05, 4.69) is 29.0 Å². The van der Waals surface area contributed by atoms with E-state index in [9.17, 15) is 0 Å². The van der Waals surface area contributed by atoms with Gasteiger partial charge in [-0.2, -0.15) is 0 Å². The van der Waals surface area contributed by atoms with Crippen LogP contribution in [0.5, 0.6) is 0 Å². The first kappa shape index (κ1) is 11.9. The van der Waals surface area contributed by atoms with Crippen molar-refractivity contribution in [3.05, 3.63) is 11.1 Å². The van der Waals surface area contributed by atoms with Gasteiger partial charge in [-0.15, -0.1) is 11.3 Å². The summed E-state index contributed by atoms with van der Waals surface area (Å²) in [7, 11) is 0. The first-order chi connectivity index (χ1) is 7.81. The molecule has 0 aliphatic carbocycles. The van der Waals surface area contributed by atoms with Crippen LogP contribution >= 0.6 is 11.3 Å². The van der Waals surface area contributed by atoms with E-state index in [1.807, 2.05) is 17.5 Å². The van der Waals surface area contributed by atoms with Gasteiger partial charge in [0.2, 0.25) is 0 Å². The van der Waals surface area contributed by atoms with Gasteiger partial charge in [0.05, 0.1) is 0 Å². The van der Waals surface area contributed by atoms with Crippen LogP contribution in [-0.2, 0) is 0 Å². The molecule has 1 saturated heterocycles. The normalized spacial score (nSPS) is 18.8. The second-order valence-electron chi connectivity index (χ2n) is 4.37. The van der Waals surface area contributed by atoms with Gasteiger partial charge in [-0.1, -0.05) is 6.92 Å². The summed E-state index contributed by atoms with van der Waals surface area (Å²) >= 11 is 1.84. The molecule has 3 nitrogen and oxygen atoms in total. The maximum Gasteiger partial charge on any atom is 0.185 e. The molecule has 0 bridgehead atoms. The average Bonchev–Trinajstić information content (AvgIpc) is 2.80. The Labute approximate surface area is 102 Å². The quantitative estimate of drug-likeness (QED) is 0.875. The number of rotatable bonds is 4. The van der Waals surface area contributed by atoms with Crippen molar-refractivity contribution in [2.45, 2.75) is 39.2 Å². The van der Waals surface area contributed by atoms with Crippen LogP contribution in [0.2, 0.25) is 0 Å². The molecule has 90 valence electrons. The van der Waals surface area contributed by atoms with Crippen LogP contribution in [-0.4, -0.2) is 24.6 Å². The molecule has 1 aliphatic rings. The van der Waals surface area contributed by atoms with Gasteiger partial charge in [0.25, 0.3) is 0 Å². The van der Waals surface area contributed by atoms with Crippen molar-refractivity contribution in [1.29, 1.82) is 0 Å². The number of hydrogen-bond donors (Lipinski definition) is 1. The smallest absolute Gasteiger partial charge is 0.185 e. The van der Waals surface area contributed by atoms with Crippen molar-refractivity contribution in [3.8, 4) is 0 Å². The third-order valence-corrected chi connectivity index (χ3v) is 4.32. The van der Waals surface area contributed by atoms with Crippen molar-refractivity contribution >= 4 is 16.5 Å². The molecule has 1 N–H and O–H groups in total. The second kappa shape index (κ2) is 5.64. The SMILES string of the molecule is CCNC(C)c1cnc(N2CCCCC2)s1. The van der Waals surface area contributed by atoms with Gasteiger partial charge in [-0.3, -0.25) is 0 Å². The van der Waals surface area contributed by atoms with E-state index in [4.69, 9.17) is 0 Å². The fourth-order valence-corrected chi connectivity index (χ4v) is 3.11. The van der Waals surface area contributed by atoms with Crippen LogP contribution in [0.25, 0.3) is 0 Å². The molecule has 0 aromatic carbocycles. The lowest BCUT2D eigenvalue weighted by molar-refractivity contribution is 0.577. The first-order valence-corrected chi connectivity index (χ1v) is 7.07. The van der Waals surface area contributed by atoms with Crippen LogP contribution in [0.4, 0.5) is 5.13 Å². The number of anilines is 1. The Kier molecular flexibility index (Phi) is 4.18. The summed E-state index contributed by atoms with van der Waals surface area (Å²) in [5, 5.41) is 4.64. The van der Waals surface area contributed by atoms with Crippen molar-refractivity contribution in [2.24, 2.45) is 0 Å². The fraction of sp³-hybridized carbons (Fsp3) is 0.750. The highest BCUT2D eigenvalue weighted by Gasteiger charge is 2.15. The highest BCUT2D eigenvalue weighted by Crippen LogP contribution is 2.28. The van der Waals surface area contributed by atoms with Gasteiger partial charge in [-0.25, -0.2) is 4.98 Å². The molecule has 2 rings (SSSR count). The molecular formula is C12H21N3S. The van der Waals surface area contributed by atoms with Crippen LogP contribution in [0, 0.1) is 0 Å². The van der Waals surface area contributed by atoms with Crippen molar-refractivity contribution < 1.29 is 0 Å². The number of aromatic nitrogens is 1. The number of thiazole rings is 1. The summed E-state index contributed by atoms with van der Waals surface area (Å²) in [6.07, 6.45) is 6.04. The molecule has 2 heterocycles. The van der Waals surface area contributed by atoms with Gasteiger partial charge < -0.3 is 10.2 Å². The number of nitrogens with zero attached hydrogens (tertiary/aromatic N) is 2. The molecule has 1 unspecified atom stereocenters. The largest absolute Gasteiger partial charge is 0.348 e. The summed E-state index contributed by atoms with van der Waals surface area (Å²) in [6.45, 7) is 7.73. The molecule has 0 amide bonds. The standard InChI is InChI=1S/C12H21N3S/c1-3-13-10(2)11-9-14-12(16-11)15-7-5-4-6-8-15/h9-10,13H,3-8H2,1-2H3. The van der Waals surface area contributed by atoms with Crippen molar-refractivity contribution in [3.63, 3.8) is 0 Å². The lowest BCUT2D eigenvalue weighted by atomic mass is 10.1. The Morgan fingerprint density at radius 1 is 1.44 bits per heavy atom. The summed E-state index contributed by atoms with van der Waals surface area (Å²) in [4.78, 5) is 8.32. The van der Waals surface area contributed by atoms with Crippen molar-refractivity contribution in [1.82, 2.24) is 10.3 Å². The van der Waals surface area contributed by atoms with E-state index in [1.165, 1.54) is 42.4 Å². The Morgan fingerprint density at radius 3 is 2.88 bits per heavy atom. The highest BCUT2D eigenvalue weighted by molar-refractivity contribution is 7.15. The maximum atomic E-state index is 4.55. The Hall–Kier alpha value is -0.610.